The number of amides is 1. The average molecular weight is 507 g/mol. The monoisotopic (exact) mass is 506 g/mol. The molecule has 4 aromatic rings. The largest absolute Gasteiger partial charge is 0.493 e. The van der Waals surface area contributed by atoms with Crippen LogP contribution in [0.15, 0.2) is 36.2 Å². The second-order valence-corrected chi connectivity index (χ2v) is 9.39. The Morgan fingerprint density at radius 2 is 2.09 bits per heavy atom. The van der Waals surface area contributed by atoms with Gasteiger partial charge in [0.1, 0.15) is 0 Å². The number of aromatic hydroxyl groups is 1. The summed E-state index contributed by atoms with van der Waals surface area (Å²) in [5.41, 5.74) is 1.78. The minimum absolute atomic E-state index is 0.0799. The summed E-state index contributed by atoms with van der Waals surface area (Å²) in [4.78, 5) is 13.3. The third-order valence-corrected chi connectivity index (χ3v) is 7.18. The maximum atomic E-state index is 13.6. The van der Waals surface area contributed by atoms with Gasteiger partial charge in [0.25, 0.3) is 0 Å². The normalized spacial score (nSPS) is 11.0. The number of thiophene rings is 1. The highest BCUT2D eigenvalue weighted by Gasteiger charge is 2.18. The number of H-pyrrole nitrogens is 1. The van der Waals surface area contributed by atoms with Crippen molar-refractivity contribution in [1.82, 2.24) is 30.5 Å². The molecule has 8 nitrogen and oxygen atoms in total. The topological polar surface area (TPSA) is 109 Å². The first-order chi connectivity index (χ1) is 15.8. The number of hydrogen-bond donors (Lipinski definition) is 3. The molecule has 1 amide bonds. The van der Waals surface area contributed by atoms with E-state index >= 15 is 0 Å². The second-order valence-electron chi connectivity index (χ2n) is 6.83. The maximum Gasteiger partial charge on any atom is 0.222 e. The predicted molar refractivity (Wildman–Crippen MR) is 123 cm³/mol. The van der Waals surface area contributed by atoms with Gasteiger partial charge in [-0.05, 0) is 46.9 Å². The Kier molecular flexibility index (Phi) is 6.72. The van der Waals surface area contributed by atoms with E-state index in [4.69, 9.17) is 12.2 Å². The van der Waals surface area contributed by atoms with Crippen LogP contribution in [0.3, 0.4) is 0 Å². The van der Waals surface area contributed by atoms with Gasteiger partial charge < -0.3 is 10.4 Å². The standard InChI is InChI=1S/C20H16F2N6O2S3/c1-10(15-7-12(9-32-15)11-2-3-13(21)14(22)6-11)18-19(30)28(20(31)33-18)5-4-17(29)23-8-16-24-26-27-25-16/h2-3,6-7,9,30H,1,4-5,8H2,(H,23,29)(H,24,25,26,27). The summed E-state index contributed by atoms with van der Waals surface area (Å²) in [5.74, 6) is -1.82. The fourth-order valence-corrected chi connectivity index (χ4v) is 5.25. The summed E-state index contributed by atoms with van der Waals surface area (Å²) in [6.07, 6.45) is 0.0850. The zero-order valence-electron chi connectivity index (χ0n) is 16.8. The third kappa shape index (κ3) is 5.05. The molecule has 0 saturated heterocycles. The van der Waals surface area contributed by atoms with Gasteiger partial charge in [-0.3, -0.25) is 9.36 Å². The van der Waals surface area contributed by atoms with Gasteiger partial charge in [0.2, 0.25) is 11.8 Å². The molecule has 0 atom stereocenters. The summed E-state index contributed by atoms with van der Waals surface area (Å²) in [6, 6.07) is 5.49. The smallest absolute Gasteiger partial charge is 0.222 e. The lowest BCUT2D eigenvalue weighted by Crippen LogP contribution is -2.24. The van der Waals surface area contributed by atoms with E-state index in [9.17, 15) is 18.7 Å². The molecule has 170 valence electrons. The van der Waals surface area contributed by atoms with Crippen LogP contribution in [0.5, 0.6) is 5.88 Å². The molecule has 3 N–H and O–H groups in total. The van der Waals surface area contributed by atoms with E-state index in [0.717, 1.165) is 17.0 Å². The molecule has 3 aromatic heterocycles. The van der Waals surface area contributed by atoms with Crippen molar-refractivity contribution in [3.8, 4) is 17.0 Å². The van der Waals surface area contributed by atoms with Crippen LogP contribution in [0.4, 0.5) is 8.78 Å². The van der Waals surface area contributed by atoms with E-state index in [0.29, 0.717) is 31.4 Å². The molecule has 0 bridgehead atoms. The fraction of sp³-hybridized carbons (Fsp3) is 0.150. The minimum atomic E-state index is -0.923. The Morgan fingerprint density at radius 3 is 2.82 bits per heavy atom. The molecule has 0 aliphatic carbocycles. The summed E-state index contributed by atoms with van der Waals surface area (Å²) in [6.45, 7) is 4.38. The molecule has 3 heterocycles. The molecule has 0 aliphatic heterocycles. The molecule has 0 unspecified atom stereocenters. The Balaban J connectivity index is 1.45. The maximum absolute atomic E-state index is 13.6. The summed E-state index contributed by atoms with van der Waals surface area (Å²) in [5, 5.41) is 28.4. The average Bonchev–Trinajstić information content (AvgIpc) is 3.54. The van der Waals surface area contributed by atoms with Gasteiger partial charge in [0.05, 0.1) is 11.4 Å². The molecule has 0 radical (unpaired) electrons. The van der Waals surface area contributed by atoms with Crippen molar-refractivity contribution in [1.29, 1.82) is 0 Å². The van der Waals surface area contributed by atoms with Crippen LogP contribution in [0, 0.1) is 15.6 Å². The van der Waals surface area contributed by atoms with Crippen LogP contribution >= 0.6 is 34.9 Å². The van der Waals surface area contributed by atoms with Crippen LogP contribution in [-0.2, 0) is 17.9 Å². The quantitative estimate of drug-likeness (QED) is 0.308. The van der Waals surface area contributed by atoms with Crippen molar-refractivity contribution in [3.05, 3.63) is 67.4 Å². The zero-order valence-corrected chi connectivity index (χ0v) is 19.3. The first-order valence-electron chi connectivity index (χ1n) is 9.48. The Hall–Kier alpha value is -3.29. The van der Waals surface area contributed by atoms with Gasteiger partial charge in [-0.2, -0.15) is 5.21 Å². The van der Waals surface area contributed by atoms with Crippen LogP contribution in [-0.4, -0.2) is 36.2 Å². The molecule has 4 rings (SSSR count). The van der Waals surface area contributed by atoms with Crippen molar-refractivity contribution in [2.75, 3.05) is 0 Å². The highest BCUT2D eigenvalue weighted by Crippen LogP contribution is 2.39. The van der Waals surface area contributed by atoms with Gasteiger partial charge in [0, 0.05) is 23.4 Å². The highest BCUT2D eigenvalue weighted by molar-refractivity contribution is 7.73. The highest BCUT2D eigenvalue weighted by atomic mass is 32.1. The van der Waals surface area contributed by atoms with Gasteiger partial charge in [-0.25, -0.2) is 8.78 Å². The molecule has 1 aromatic carbocycles. The second kappa shape index (κ2) is 9.68. The summed E-state index contributed by atoms with van der Waals surface area (Å²) < 4.78 is 28.7. The van der Waals surface area contributed by atoms with Crippen molar-refractivity contribution in [2.45, 2.75) is 19.5 Å². The van der Waals surface area contributed by atoms with Crippen LogP contribution < -0.4 is 5.32 Å². The number of rotatable bonds is 8. The van der Waals surface area contributed by atoms with Crippen LogP contribution in [0.25, 0.3) is 16.7 Å². The third-order valence-electron chi connectivity index (χ3n) is 4.69. The number of aromatic nitrogens is 5. The van der Waals surface area contributed by atoms with Gasteiger partial charge in [-0.15, -0.1) is 32.9 Å². The number of thiazole rings is 1. The zero-order chi connectivity index (χ0) is 23.5. The van der Waals surface area contributed by atoms with Gasteiger partial charge in [0.15, 0.2) is 21.4 Å². The molecule has 33 heavy (non-hydrogen) atoms. The number of carbonyl (C=O) groups is 1. The number of carbonyl (C=O) groups excluding carboxylic acids is 1. The summed E-state index contributed by atoms with van der Waals surface area (Å²) in [7, 11) is 0. The molecule has 0 spiro atoms. The fourth-order valence-electron chi connectivity index (χ4n) is 2.96. The number of benzene rings is 1. The Bertz CT molecular complexity index is 1380. The van der Waals surface area contributed by atoms with E-state index in [2.05, 4.69) is 32.5 Å². The van der Waals surface area contributed by atoms with E-state index in [1.165, 1.54) is 33.3 Å². The van der Waals surface area contributed by atoms with E-state index in [1.807, 2.05) is 0 Å². The summed E-state index contributed by atoms with van der Waals surface area (Å²) >= 11 is 7.90. The van der Waals surface area contributed by atoms with Crippen molar-refractivity contribution < 1.29 is 18.7 Å². The number of nitrogens with one attached hydrogen (secondary N) is 2. The molecule has 0 saturated carbocycles. The van der Waals surface area contributed by atoms with Gasteiger partial charge >= 0.3 is 0 Å². The Labute approximate surface area is 199 Å². The van der Waals surface area contributed by atoms with Crippen molar-refractivity contribution >= 4 is 46.4 Å². The lowest BCUT2D eigenvalue weighted by molar-refractivity contribution is -0.121. The van der Waals surface area contributed by atoms with Crippen molar-refractivity contribution in [2.24, 2.45) is 0 Å². The molecule has 0 fully saturated rings. The van der Waals surface area contributed by atoms with Crippen LogP contribution in [0.2, 0.25) is 0 Å². The van der Waals surface area contributed by atoms with E-state index in [1.54, 1.807) is 11.4 Å². The minimum Gasteiger partial charge on any atom is -0.493 e. The molecule has 13 heteroatoms. The molecular weight excluding hydrogens is 490 g/mol. The predicted octanol–water partition coefficient (Wildman–Crippen LogP) is 4.27. The van der Waals surface area contributed by atoms with E-state index < -0.39 is 11.6 Å². The van der Waals surface area contributed by atoms with Crippen LogP contribution in [0.1, 0.15) is 22.0 Å². The lowest BCUT2D eigenvalue weighted by Gasteiger charge is -2.06. The first-order valence-corrected chi connectivity index (χ1v) is 11.6. The lowest BCUT2D eigenvalue weighted by atomic mass is 10.1. The molecule has 0 aliphatic rings. The number of aromatic amines is 1. The van der Waals surface area contributed by atoms with Gasteiger partial charge in [-0.1, -0.05) is 17.9 Å². The number of hydrogen-bond acceptors (Lipinski definition) is 8. The van der Waals surface area contributed by atoms with E-state index in [-0.39, 0.29) is 31.3 Å². The first kappa shape index (κ1) is 22.9. The molecular formula is C20H16F2N6O2S3. The number of tetrazole rings is 1. The number of nitrogens with zero attached hydrogens (tertiary/aromatic N) is 4. The Morgan fingerprint density at radius 1 is 1.27 bits per heavy atom. The number of halogens is 2. The van der Waals surface area contributed by atoms with Crippen molar-refractivity contribution in [3.63, 3.8) is 0 Å². The SMILES string of the molecule is C=C(c1cc(-c2ccc(F)c(F)c2)cs1)c1sc(=S)n(CCC(=O)NCc2nn[nH]n2)c1O.